The molecule has 29 heteroatoms. The molecule has 0 unspecified atom stereocenters. The summed E-state index contributed by atoms with van der Waals surface area (Å²) < 4.78 is 4.16. The summed E-state index contributed by atoms with van der Waals surface area (Å²) in [5, 5.41) is 48.5. The molecular formula is C102H145Ce9N11O7S2-6. The fraction of sp³-hybridized carbons (Fsp3) is 0.471. The number of aromatic carboxylic acids is 1. The smallest absolute Gasteiger partial charge is 0.354 e. The molecule has 18 nitrogen and oxygen atoms in total. The van der Waals surface area contributed by atoms with Gasteiger partial charge in [-0.05, 0) is 299 Å². The van der Waals surface area contributed by atoms with Crippen LogP contribution in [0, 0.1) is 643 Å². The third-order valence-corrected chi connectivity index (χ3v) is 26.3. The summed E-state index contributed by atoms with van der Waals surface area (Å²) in [5.74, 6) is 2.36. The van der Waals surface area contributed by atoms with Crippen LogP contribution in [0.4, 0.5) is 5.82 Å². The number of phenolic OH excluding ortho intramolecular Hbond substituents is 1. The van der Waals surface area contributed by atoms with Gasteiger partial charge in [-0.1, -0.05) is 113 Å². The fourth-order valence-electron chi connectivity index (χ4n) is 12.9. The molecule has 704 valence electrons. The van der Waals surface area contributed by atoms with E-state index in [1.54, 1.807) is 39.9 Å². The first-order valence-electron chi connectivity index (χ1n) is 41.3. The van der Waals surface area contributed by atoms with E-state index in [-0.39, 0.29) is 398 Å². The molecule has 0 aliphatic rings. The van der Waals surface area contributed by atoms with Gasteiger partial charge in [0.05, 0.1) is 23.1 Å². The molecule has 0 radical (unpaired) electrons. The van der Waals surface area contributed by atoms with Crippen LogP contribution >= 0.6 is 0 Å². The minimum atomic E-state index is -1.31. The molecule has 0 spiro atoms. The number of Topliss-reactive ketones (excluding diaryl/α,β-unsaturated/α-hetero) is 1. The first-order valence-corrected chi connectivity index (χ1v) is 42.2. The Hall–Kier alpha value is 3.11. The number of phenols is 1. The largest absolute Gasteiger partial charge is 0.800 e. The number of hydrogen-bond acceptors (Lipinski definition) is 16. The summed E-state index contributed by atoms with van der Waals surface area (Å²) in [4.78, 5) is 51.6. The Bertz CT molecular complexity index is 5320. The van der Waals surface area contributed by atoms with Crippen molar-refractivity contribution in [3.63, 3.8) is 0 Å². The Balaban J connectivity index is -0.000000220. The molecule has 131 heavy (non-hydrogen) atoms. The summed E-state index contributed by atoms with van der Waals surface area (Å²) in [6.45, 7) is 79.7. The van der Waals surface area contributed by atoms with Gasteiger partial charge in [-0.25, -0.2) is 14.5 Å². The molecule has 0 saturated heterocycles. The zero-order chi connectivity index (χ0) is 95.0. The molecule has 10 aromatic rings. The molecule has 6 aromatic heterocycles. The van der Waals surface area contributed by atoms with Crippen molar-refractivity contribution in [2.45, 2.75) is 281 Å². The Morgan fingerprint density at radius 3 is 0.893 bits per heavy atom. The van der Waals surface area contributed by atoms with Gasteiger partial charge in [0.25, 0.3) is 0 Å². The number of aliphatic hydroxyl groups is 3. The predicted octanol–water partition coefficient (Wildman–Crippen LogP) is 22.5. The first kappa shape index (κ1) is 149. The summed E-state index contributed by atoms with van der Waals surface area (Å²) in [6, 6.07) is 10.6. The number of carbonyl (C=O) groups is 2. The number of carboxylic acid groups (broad SMARTS) is 1. The van der Waals surface area contributed by atoms with E-state index in [9.17, 15) is 14.7 Å². The van der Waals surface area contributed by atoms with Gasteiger partial charge in [0.1, 0.15) is 5.75 Å². The monoisotopic (exact) mass is 2960 g/mol. The molecule has 0 aliphatic heterocycles. The number of aliphatic hydroxyl groups excluding tert-OH is 2. The van der Waals surface area contributed by atoms with Crippen molar-refractivity contribution in [2.75, 3.05) is 35.2 Å². The van der Waals surface area contributed by atoms with Gasteiger partial charge in [-0.3, -0.25) is 24.6 Å². The summed E-state index contributed by atoms with van der Waals surface area (Å²) >= 11 is 9.29. The molecule has 0 atom stereocenters. The molecule has 10 rings (SSSR count). The van der Waals surface area contributed by atoms with Crippen LogP contribution in [0.2, 0.25) is 0 Å². The molecular weight excluding hydrogens is 2820 g/mol. The van der Waals surface area contributed by atoms with Crippen LogP contribution in [0.5, 0.6) is 5.75 Å². The van der Waals surface area contributed by atoms with Gasteiger partial charge in [0, 0.05) is 441 Å². The maximum atomic E-state index is 10.8. The van der Waals surface area contributed by atoms with Crippen molar-refractivity contribution < 1.29 is 411 Å². The van der Waals surface area contributed by atoms with Gasteiger partial charge in [0.2, 0.25) is 6.41 Å². The number of aromatic hydroxyl groups is 1. The fourth-order valence-corrected chi connectivity index (χ4v) is 12.9. The Labute approximate surface area is 1100 Å². The normalized spacial score (nSPS) is 10.2. The van der Waals surface area contributed by atoms with Crippen LogP contribution in [-0.2, 0) is 44.1 Å². The zero-order valence-electron chi connectivity index (χ0n) is 87.4. The molecule has 0 aliphatic carbocycles. The van der Waals surface area contributed by atoms with E-state index in [1.165, 1.54) is 147 Å². The van der Waals surface area contributed by atoms with Crippen LogP contribution in [-0.4, -0.2) is 132 Å². The molecule has 4 aromatic carbocycles. The predicted molar refractivity (Wildman–Crippen MR) is 516 cm³/mol. The topological polar surface area (TPSA) is 243 Å². The summed E-state index contributed by atoms with van der Waals surface area (Å²) in [6.07, 6.45) is -1.31. The number of pyridine rings is 4. The second kappa shape index (κ2) is 68.5. The average Bonchev–Trinajstić information content (AvgIpc) is 1.60. The maximum absolute atomic E-state index is 10.8. The van der Waals surface area contributed by atoms with Gasteiger partial charge < -0.3 is 80.1 Å². The van der Waals surface area contributed by atoms with Gasteiger partial charge in [0.15, 0.2) is 11.5 Å². The Morgan fingerprint density at radius 2 is 0.611 bits per heavy atom. The van der Waals surface area contributed by atoms with Crippen LogP contribution in [0.25, 0.3) is 50.6 Å². The average molecular weight is 2960 g/mol. The Morgan fingerprint density at radius 1 is 0.344 bits per heavy atom. The van der Waals surface area contributed by atoms with Crippen LogP contribution < -0.4 is 0 Å². The first-order chi connectivity index (χ1) is 56.0. The third-order valence-electron chi connectivity index (χ3n) is 25.5. The van der Waals surface area contributed by atoms with E-state index in [0.717, 1.165) is 124 Å². The molecule has 6 heterocycles. The van der Waals surface area contributed by atoms with Crippen molar-refractivity contribution >= 4 is 42.8 Å². The summed E-state index contributed by atoms with van der Waals surface area (Å²) in [5.41, 5.74) is 49.8. The van der Waals surface area contributed by atoms with Crippen molar-refractivity contribution in [2.24, 2.45) is 14.1 Å². The molecule has 0 bridgehead atoms. The number of carbonyl (C=O) groups excluding carboxylic acids is 1. The molecule has 0 fully saturated rings. The SMILES string of the molecule is CC(=O)C(C)=C(C)O.CN(C)C(O)O.CN(C)C([S-])[S-].C[N-]c1nc(C)c(C)c(C)c1C.Cc1[c-]c(-c2nc(C)c(C)c(C)c2C)c(C)c(C)c1C.Cc1[c-]c(-c2nc(C)c(C)n2C)c(C)c(C)c1C.Cc1[c-]c(-c2nc(C)c(C)n2C)c(C)c(C)c1C.Cc1nc(-c2c(C)c(C)c(C)c(C)c2O)c(C)c(C)c1C.Cc1nc(C(=O)O)c(C)c(C)c1C.[Ce].[Ce].[Ce].[Ce].[Ce].[Ce].[Ce].[Ce].[Ce]. The zero-order valence-corrected chi connectivity index (χ0v) is 117. The van der Waals surface area contributed by atoms with E-state index < -0.39 is 12.4 Å². The van der Waals surface area contributed by atoms with Gasteiger partial charge >= 0.3 is 5.97 Å². The quantitative estimate of drug-likeness (QED) is 0.0296. The van der Waals surface area contributed by atoms with E-state index in [2.05, 4.69) is 293 Å². The Kier molecular flexibility index (Phi) is 78.2. The maximum Gasteiger partial charge on any atom is 0.354 e. The van der Waals surface area contributed by atoms with Gasteiger partial charge in [-0.2, -0.15) is 0 Å². The van der Waals surface area contributed by atoms with E-state index in [0.29, 0.717) is 11.3 Å². The number of allylic oxidation sites excluding steroid dienone is 2. The second-order valence-electron chi connectivity index (χ2n) is 33.1. The minimum Gasteiger partial charge on any atom is -0.800 e. The van der Waals surface area contributed by atoms with Crippen molar-refractivity contribution in [3.8, 4) is 51.0 Å². The number of nitrogens with zero attached hydrogens (tertiary/aromatic N) is 11. The van der Waals surface area contributed by atoms with Gasteiger partial charge in [-0.15, -0.1) is 102 Å². The standard InChI is InChI=1S/C19H25NO.C19H24N.2C16H21N2.C10H15N2.C10H13NO2.C6H10O2.C3H9NO2.C3H9NS2.9Ce/c1-9-10(2)15(7)19(21)17(13(9)5)18-14(6)11(3)12(4)16(8)20-18;1-10-9-18(15(6)12(3)11(10)2)19-16(7)13(4)14(5)17(8)20-19;2*1-9-8-15(12(4)11(3)10(9)2)16-17-13(5)14(6)18(16)7;1-6-7(2)9(4)12-10(11-5)8(6)3;1-5-6(2)8(4)11-9(7(5)3)10(12)13;1-4(5(2)7)6(3)8;2*1-4(2)3(5)6;;;;;;;;;/h21H,1-8H3;1-8H3;2*1-7H3;1-5H3;1-4H3,(H,12,13);7H,1-3H3;2*3,5-6H,1-2H3;;;;;;;;;/q;4*-1;;;;;;;;;;;;;/p-2. The number of carboxylic acids is 1. The number of aromatic nitrogens is 8. The van der Waals surface area contributed by atoms with Crippen LogP contribution in [0.3, 0.4) is 0 Å². The molecule has 0 saturated carbocycles. The number of hydrogen-bond donors (Lipinski definition) is 5. The molecule has 0 amide bonds. The summed E-state index contributed by atoms with van der Waals surface area (Å²) in [7, 11) is 12.8. The second-order valence-corrected chi connectivity index (χ2v) is 34.3. The number of imidazole rings is 2. The number of ketones is 1. The minimum absolute atomic E-state index is 0. The third kappa shape index (κ3) is 40.7. The number of aryl methyl sites for hydroxylation is 9. The van der Waals surface area contributed by atoms with Crippen molar-refractivity contribution in [1.82, 2.24) is 48.8 Å². The van der Waals surface area contributed by atoms with E-state index >= 15 is 0 Å². The van der Waals surface area contributed by atoms with E-state index in [1.807, 2.05) is 55.6 Å². The van der Waals surface area contributed by atoms with E-state index in [4.69, 9.17) is 30.4 Å². The number of benzene rings is 4. The molecule has 5 N–H and O–H groups in total. The van der Waals surface area contributed by atoms with Crippen molar-refractivity contribution in [1.29, 1.82) is 0 Å². The van der Waals surface area contributed by atoms with Crippen molar-refractivity contribution in [3.05, 3.63) is 242 Å². The van der Waals surface area contributed by atoms with Crippen LogP contribution in [0.1, 0.15) is 233 Å². The number of rotatable bonds is 9. The van der Waals surface area contributed by atoms with Crippen LogP contribution in [0.15, 0.2) is 11.3 Å².